The van der Waals surface area contributed by atoms with E-state index in [0.717, 1.165) is 36.3 Å². The molecule has 132 valence electrons. The van der Waals surface area contributed by atoms with Crippen molar-refractivity contribution in [2.75, 3.05) is 11.9 Å². The van der Waals surface area contributed by atoms with E-state index in [-0.39, 0.29) is 23.9 Å². The van der Waals surface area contributed by atoms with Gasteiger partial charge in [-0.3, -0.25) is 24.6 Å². The Kier molecular flexibility index (Phi) is 4.16. The number of hydrogen-bond acceptors (Lipinski definition) is 5. The minimum absolute atomic E-state index is 0.151. The van der Waals surface area contributed by atoms with Crippen molar-refractivity contribution in [3.8, 4) is 0 Å². The molecular formula is C19H17N3O3S. The molecule has 7 heteroatoms. The highest BCUT2D eigenvalue weighted by atomic mass is 32.1. The Hall–Kier alpha value is -2.80. The Morgan fingerprint density at radius 1 is 1.23 bits per heavy atom. The molecule has 1 aromatic carbocycles. The fourth-order valence-electron chi connectivity index (χ4n) is 3.30. The maximum Gasteiger partial charge on any atom is 0.261 e. The monoisotopic (exact) mass is 367 g/mol. The number of fused-ring (bicyclic) bond motifs is 2. The third-order valence-electron chi connectivity index (χ3n) is 4.61. The van der Waals surface area contributed by atoms with Crippen molar-refractivity contribution in [3.05, 3.63) is 58.1 Å². The van der Waals surface area contributed by atoms with Crippen LogP contribution in [0.5, 0.6) is 0 Å². The summed E-state index contributed by atoms with van der Waals surface area (Å²) in [5.41, 5.74) is 1.98. The molecule has 0 fully saturated rings. The summed E-state index contributed by atoms with van der Waals surface area (Å²) >= 11 is 1.51. The summed E-state index contributed by atoms with van der Waals surface area (Å²) in [6, 6.07) is 4.56. The van der Waals surface area contributed by atoms with Gasteiger partial charge >= 0.3 is 0 Å². The summed E-state index contributed by atoms with van der Waals surface area (Å²) in [5.74, 6) is -1.09. The van der Waals surface area contributed by atoms with Gasteiger partial charge in [-0.25, -0.2) is 4.98 Å². The van der Waals surface area contributed by atoms with Crippen LogP contribution in [0.2, 0.25) is 0 Å². The van der Waals surface area contributed by atoms with Crippen LogP contribution in [0.1, 0.15) is 54.5 Å². The first-order chi connectivity index (χ1) is 12.6. The molecule has 0 unspecified atom stereocenters. The van der Waals surface area contributed by atoms with Crippen LogP contribution in [-0.2, 0) is 12.8 Å². The number of carbonyl (C=O) groups excluding carboxylic acids is 3. The second kappa shape index (κ2) is 6.49. The van der Waals surface area contributed by atoms with Gasteiger partial charge in [-0.15, -0.1) is 17.9 Å². The summed E-state index contributed by atoms with van der Waals surface area (Å²) in [4.78, 5) is 44.0. The number of carbonyl (C=O) groups is 3. The molecule has 0 bridgehead atoms. The van der Waals surface area contributed by atoms with E-state index in [1.165, 1.54) is 34.4 Å². The van der Waals surface area contributed by atoms with Crippen LogP contribution in [0.4, 0.5) is 5.13 Å². The predicted octanol–water partition coefficient (Wildman–Crippen LogP) is 3.06. The van der Waals surface area contributed by atoms with Gasteiger partial charge in [-0.2, -0.15) is 0 Å². The van der Waals surface area contributed by atoms with Crippen molar-refractivity contribution in [1.29, 1.82) is 0 Å². The number of anilines is 1. The second-order valence-electron chi connectivity index (χ2n) is 6.32. The zero-order chi connectivity index (χ0) is 18.3. The van der Waals surface area contributed by atoms with Crippen LogP contribution < -0.4 is 5.32 Å². The molecule has 0 radical (unpaired) electrons. The predicted molar refractivity (Wildman–Crippen MR) is 98.7 cm³/mol. The number of thiazole rings is 1. The van der Waals surface area contributed by atoms with E-state index in [2.05, 4.69) is 16.9 Å². The fraction of sp³-hybridized carbons (Fsp3) is 0.263. The maximum absolute atomic E-state index is 12.6. The molecule has 1 aliphatic carbocycles. The minimum Gasteiger partial charge on any atom is -0.298 e. The Balaban J connectivity index is 1.57. The quantitative estimate of drug-likeness (QED) is 0.665. The number of aromatic nitrogens is 1. The van der Waals surface area contributed by atoms with Crippen LogP contribution in [0, 0.1) is 0 Å². The summed E-state index contributed by atoms with van der Waals surface area (Å²) in [6.45, 7) is 3.71. The largest absolute Gasteiger partial charge is 0.298 e. The summed E-state index contributed by atoms with van der Waals surface area (Å²) in [6.07, 6.45) is 5.75. The van der Waals surface area contributed by atoms with Crippen molar-refractivity contribution in [3.63, 3.8) is 0 Å². The average Bonchev–Trinajstić information content (AvgIpc) is 3.15. The molecule has 3 amide bonds. The molecule has 1 aromatic heterocycles. The fourth-order valence-corrected chi connectivity index (χ4v) is 4.35. The smallest absolute Gasteiger partial charge is 0.261 e. The molecule has 0 saturated carbocycles. The number of imide groups is 1. The van der Waals surface area contributed by atoms with Gasteiger partial charge in [0.15, 0.2) is 5.13 Å². The Morgan fingerprint density at radius 3 is 2.77 bits per heavy atom. The Labute approximate surface area is 154 Å². The van der Waals surface area contributed by atoms with Gasteiger partial charge in [0.25, 0.3) is 17.7 Å². The number of nitrogens with zero attached hydrogens (tertiary/aromatic N) is 2. The van der Waals surface area contributed by atoms with Gasteiger partial charge in [0.05, 0.1) is 16.8 Å². The van der Waals surface area contributed by atoms with Gasteiger partial charge in [-0.05, 0) is 43.9 Å². The minimum atomic E-state index is -0.399. The number of nitrogens with one attached hydrogen (secondary N) is 1. The molecule has 1 aliphatic heterocycles. The molecule has 0 saturated heterocycles. The van der Waals surface area contributed by atoms with Gasteiger partial charge in [0, 0.05) is 17.0 Å². The number of aryl methyl sites for hydroxylation is 2. The van der Waals surface area contributed by atoms with E-state index in [4.69, 9.17) is 0 Å². The number of hydrogen-bond donors (Lipinski definition) is 1. The van der Waals surface area contributed by atoms with Crippen LogP contribution in [-0.4, -0.2) is 34.2 Å². The van der Waals surface area contributed by atoms with Crippen molar-refractivity contribution in [1.82, 2.24) is 9.88 Å². The highest BCUT2D eigenvalue weighted by Gasteiger charge is 2.35. The van der Waals surface area contributed by atoms with Crippen LogP contribution in [0.15, 0.2) is 30.9 Å². The van der Waals surface area contributed by atoms with E-state index in [1.807, 2.05) is 0 Å². The third kappa shape index (κ3) is 2.74. The third-order valence-corrected chi connectivity index (χ3v) is 5.68. The summed E-state index contributed by atoms with van der Waals surface area (Å²) in [5, 5.41) is 3.39. The molecular weight excluding hydrogens is 350 g/mol. The molecule has 2 aliphatic rings. The molecule has 4 rings (SSSR count). The first-order valence-corrected chi connectivity index (χ1v) is 9.31. The molecule has 0 spiro atoms. The van der Waals surface area contributed by atoms with E-state index in [1.54, 1.807) is 6.07 Å². The zero-order valence-electron chi connectivity index (χ0n) is 14.1. The molecule has 26 heavy (non-hydrogen) atoms. The van der Waals surface area contributed by atoms with Crippen LogP contribution in [0.3, 0.4) is 0 Å². The van der Waals surface area contributed by atoms with E-state index >= 15 is 0 Å². The lowest BCUT2D eigenvalue weighted by molar-refractivity contribution is 0.0672. The van der Waals surface area contributed by atoms with Gasteiger partial charge < -0.3 is 0 Å². The van der Waals surface area contributed by atoms with Gasteiger partial charge in [0.2, 0.25) is 0 Å². The van der Waals surface area contributed by atoms with E-state index < -0.39 is 5.91 Å². The molecule has 1 N–H and O–H groups in total. The van der Waals surface area contributed by atoms with E-state index in [0.29, 0.717) is 16.3 Å². The summed E-state index contributed by atoms with van der Waals surface area (Å²) in [7, 11) is 0. The SMILES string of the molecule is C=CCN1C(=O)c2ccc(C(=O)Nc3nc4c(s3)CCCC4)cc2C1=O. The lowest BCUT2D eigenvalue weighted by atomic mass is 10.0. The van der Waals surface area contributed by atoms with Crippen LogP contribution in [0.25, 0.3) is 0 Å². The lowest BCUT2D eigenvalue weighted by Gasteiger charge is -2.09. The standard InChI is InChI=1S/C19H17N3O3S/c1-2-9-22-17(24)12-8-7-11(10-13(12)18(22)25)16(23)21-19-20-14-5-3-4-6-15(14)26-19/h2,7-8,10H,1,3-6,9H2,(H,20,21,23). The van der Waals surface area contributed by atoms with E-state index in [9.17, 15) is 14.4 Å². The molecule has 2 heterocycles. The van der Waals surface area contributed by atoms with Gasteiger partial charge in [-0.1, -0.05) is 6.08 Å². The Bertz CT molecular complexity index is 924. The van der Waals surface area contributed by atoms with Crippen molar-refractivity contribution < 1.29 is 14.4 Å². The average molecular weight is 367 g/mol. The van der Waals surface area contributed by atoms with Crippen molar-refractivity contribution in [2.45, 2.75) is 25.7 Å². The normalized spacial score (nSPS) is 15.6. The van der Waals surface area contributed by atoms with Crippen molar-refractivity contribution in [2.24, 2.45) is 0 Å². The van der Waals surface area contributed by atoms with Crippen LogP contribution >= 0.6 is 11.3 Å². The second-order valence-corrected chi connectivity index (χ2v) is 7.40. The van der Waals surface area contributed by atoms with Crippen molar-refractivity contribution >= 4 is 34.2 Å². The molecule has 6 nitrogen and oxygen atoms in total. The topological polar surface area (TPSA) is 79.4 Å². The molecule has 0 atom stereocenters. The first kappa shape index (κ1) is 16.7. The lowest BCUT2D eigenvalue weighted by Crippen LogP contribution is -2.29. The highest BCUT2D eigenvalue weighted by Crippen LogP contribution is 2.30. The highest BCUT2D eigenvalue weighted by molar-refractivity contribution is 7.15. The van der Waals surface area contributed by atoms with Gasteiger partial charge in [0.1, 0.15) is 0 Å². The maximum atomic E-state index is 12.6. The first-order valence-electron chi connectivity index (χ1n) is 8.49. The summed E-state index contributed by atoms with van der Waals surface area (Å²) < 4.78 is 0. The zero-order valence-corrected chi connectivity index (χ0v) is 14.9. The molecule has 2 aromatic rings. The Morgan fingerprint density at radius 2 is 2.00 bits per heavy atom. The number of benzene rings is 1. The number of amides is 3. The number of rotatable bonds is 4.